The third-order valence-corrected chi connectivity index (χ3v) is 1.66. The zero-order valence-electron chi connectivity index (χ0n) is 8.15. The molecule has 0 fully saturated rings. The van der Waals surface area contributed by atoms with Gasteiger partial charge in [0.2, 0.25) is 0 Å². The van der Waals surface area contributed by atoms with Gasteiger partial charge in [0.1, 0.15) is 11.9 Å². The fourth-order valence-electron chi connectivity index (χ4n) is 1.04. The highest BCUT2D eigenvalue weighted by Gasteiger charge is 2.11. The predicted octanol–water partition coefficient (Wildman–Crippen LogP) is 1.32. The van der Waals surface area contributed by atoms with Crippen LogP contribution in [0.2, 0.25) is 0 Å². The summed E-state index contributed by atoms with van der Waals surface area (Å²) in [5.74, 6) is -0.575. The molecule has 0 amide bonds. The van der Waals surface area contributed by atoms with E-state index in [0.717, 1.165) is 12.2 Å². The van der Waals surface area contributed by atoms with Gasteiger partial charge in [-0.3, -0.25) is 0 Å². The normalized spacial score (nSPS) is 28.7. The molecule has 1 unspecified atom stereocenters. The van der Waals surface area contributed by atoms with Crippen LogP contribution in [0.1, 0.15) is 20.3 Å². The van der Waals surface area contributed by atoms with E-state index in [4.69, 9.17) is 9.47 Å². The molecule has 4 nitrogen and oxygen atoms in total. The number of rotatable bonds is 1. The molecule has 1 rings (SSSR count). The second kappa shape index (κ2) is 4.60. The third-order valence-electron chi connectivity index (χ3n) is 1.66. The molecule has 1 heterocycles. The Morgan fingerprint density at radius 2 is 1.93 bits per heavy atom. The topological polar surface area (TPSA) is 52.6 Å². The Bertz CT molecular complexity index is 301. The summed E-state index contributed by atoms with van der Waals surface area (Å²) in [7, 11) is 0. The SMILES string of the molecule is CC/C1=C/C(C)OC(=O)/C=C\C(=O)O1. The molecular formula is C10H12O4. The average Bonchev–Trinajstić information content (AvgIpc) is 2.17. The minimum absolute atomic E-state index is 0.381. The van der Waals surface area contributed by atoms with Crippen molar-refractivity contribution in [3.8, 4) is 0 Å². The van der Waals surface area contributed by atoms with Gasteiger partial charge in [-0.25, -0.2) is 9.59 Å². The zero-order valence-corrected chi connectivity index (χ0v) is 8.15. The van der Waals surface area contributed by atoms with E-state index in [2.05, 4.69) is 0 Å². The summed E-state index contributed by atoms with van der Waals surface area (Å²) in [6.45, 7) is 3.57. The van der Waals surface area contributed by atoms with Crippen molar-refractivity contribution in [2.75, 3.05) is 0 Å². The van der Waals surface area contributed by atoms with Crippen LogP contribution in [-0.2, 0) is 19.1 Å². The minimum atomic E-state index is -0.552. The molecule has 0 saturated carbocycles. The fourth-order valence-corrected chi connectivity index (χ4v) is 1.04. The molecule has 0 N–H and O–H groups in total. The summed E-state index contributed by atoms with van der Waals surface area (Å²) in [6, 6.07) is 0. The lowest BCUT2D eigenvalue weighted by Gasteiger charge is -2.08. The van der Waals surface area contributed by atoms with Gasteiger partial charge in [-0.1, -0.05) is 6.92 Å². The number of carbonyl (C=O) groups excluding carboxylic acids is 2. The van der Waals surface area contributed by atoms with Gasteiger partial charge in [0.25, 0.3) is 0 Å². The molecule has 0 aromatic rings. The van der Waals surface area contributed by atoms with Crippen LogP contribution in [0.15, 0.2) is 24.0 Å². The molecule has 4 heteroatoms. The Kier molecular flexibility index (Phi) is 3.45. The van der Waals surface area contributed by atoms with E-state index in [1.165, 1.54) is 0 Å². The van der Waals surface area contributed by atoms with Gasteiger partial charge in [0, 0.05) is 18.6 Å². The summed E-state index contributed by atoms with van der Waals surface area (Å²) >= 11 is 0. The molecule has 0 spiro atoms. The lowest BCUT2D eigenvalue weighted by atomic mass is 10.3. The smallest absolute Gasteiger partial charge is 0.336 e. The fraction of sp³-hybridized carbons (Fsp3) is 0.400. The Morgan fingerprint density at radius 1 is 1.29 bits per heavy atom. The largest absolute Gasteiger partial charge is 0.455 e. The molecule has 0 aromatic heterocycles. The van der Waals surface area contributed by atoms with E-state index in [9.17, 15) is 9.59 Å². The first-order chi connectivity index (χ1) is 6.61. The first-order valence-corrected chi connectivity index (χ1v) is 4.43. The monoisotopic (exact) mass is 196 g/mol. The van der Waals surface area contributed by atoms with Gasteiger partial charge >= 0.3 is 11.9 Å². The molecular weight excluding hydrogens is 184 g/mol. The van der Waals surface area contributed by atoms with E-state index in [0.29, 0.717) is 12.2 Å². The van der Waals surface area contributed by atoms with E-state index < -0.39 is 11.9 Å². The standard InChI is InChI=1S/C10H12O4/c1-3-8-6-7(2)13-9(11)4-5-10(12)14-8/h4-7H,3H2,1-2H3/b5-4-,8-6-. The number of ether oxygens (including phenoxy) is 2. The minimum Gasteiger partial charge on any atom is -0.455 e. The van der Waals surface area contributed by atoms with Gasteiger partial charge in [0.15, 0.2) is 0 Å². The van der Waals surface area contributed by atoms with Crippen LogP contribution in [0.25, 0.3) is 0 Å². The van der Waals surface area contributed by atoms with E-state index in [-0.39, 0.29) is 6.10 Å². The summed E-state index contributed by atoms with van der Waals surface area (Å²) in [5, 5.41) is 0. The van der Waals surface area contributed by atoms with Gasteiger partial charge in [-0.05, 0) is 13.0 Å². The second-order valence-corrected chi connectivity index (χ2v) is 2.88. The van der Waals surface area contributed by atoms with Crippen LogP contribution < -0.4 is 0 Å². The maximum atomic E-state index is 11.1. The van der Waals surface area contributed by atoms with Crippen molar-refractivity contribution >= 4 is 11.9 Å². The van der Waals surface area contributed by atoms with Crippen LogP contribution in [0.4, 0.5) is 0 Å². The van der Waals surface area contributed by atoms with Crippen molar-refractivity contribution < 1.29 is 19.1 Å². The van der Waals surface area contributed by atoms with Gasteiger partial charge in [-0.15, -0.1) is 0 Å². The Balaban J connectivity index is 2.87. The first kappa shape index (κ1) is 10.5. The van der Waals surface area contributed by atoms with Crippen molar-refractivity contribution in [2.24, 2.45) is 0 Å². The zero-order chi connectivity index (χ0) is 10.6. The molecule has 1 aliphatic rings. The average molecular weight is 196 g/mol. The van der Waals surface area contributed by atoms with E-state index >= 15 is 0 Å². The predicted molar refractivity (Wildman–Crippen MR) is 49.2 cm³/mol. The molecule has 0 radical (unpaired) electrons. The summed E-state index contributed by atoms with van der Waals surface area (Å²) < 4.78 is 9.86. The highest BCUT2D eigenvalue weighted by Crippen LogP contribution is 2.09. The van der Waals surface area contributed by atoms with Crippen LogP contribution in [0.5, 0.6) is 0 Å². The maximum Gasteiger partial charge on any atom is 0.336 e. The molecule has 0 aromatic carbocycles. The van der Waals surface area contributed by atoms with Gasteiger partial charge in [-0.2, -0.15) is 0 Å². The number of hydrogen-bond acceptors (Lipinski definition) is 4. The van der Waals surface area contributed by atoms with Crippen LogP contribution in [0, 0.1) is 0 Å². The van der Waals surface area contributed by atoms with Crippen molar-refractivity contribution in [3.63, 3.8) is 0 Å². The molecule has 1 aliphatic heterocycles. The van der Waals surface area contributed by atoms with Crippen LogP contribution >= 0.6 is 0 Å². The quantitative estimate of drug-likeness (QED) is 0.593. The number of esters is 2. The van der Waals surface area contributed by atoms with E-state index in [1.807, 2.05) is 6.92 Å². The highest BCUT2D eigenvalue weighted by molar-refractivity contribution is 5.92. The highest BCUT2D eigenvalue weighted by atomic mass is 16.6. The molecule has 76 valence electrons. The number of allylic oxidation sites excluding steroid dienone is 1. The van der Waals surface area contributed by atoms with Crippen molar-refractivity contribution in [1.82, 2.24) is 0 Å². The Hall–Kier alpha value is -1.58. The van der Waals surface area contributed by atoms with Crippen LogP contribution in [-0.4, -0.2) is 18.0 Å². The Morgan fingerprint density at radius 3 is 2.57 bits per heavy atom. The number of carbonyl (C=O) groups is 2. The van der Waals surface area contributed by atoms with Crippen molar-refractivity contribution in [1.29, 1.82) is 0 Å². The third kappa shape index (κ3) is 3.05. The lowest BCUT2D eigenvalue weighted by Crippen LogP contribution is -2.10. The van der Waals surface area contributed by atoms with E-state index in [1.54, 1.807) is 13.0 Å². The van der Waals surface area contributed by atoms with Gasteiger partial charge < -0.3 is 9.47 Å². The molecule has 0 bridgehead atoms. The summed E-state index contributed by atoms with van der Waals surface area (Å²) in [6.07, 6.45) is 3.94. The second-order valence-electron chi connectivity index (χ2n) is 2.88. The molecule has 1 atom stereocenters. The number of hydrogen-bond donors (Lipinski definition) is 0. The molecule has 0 saturated heterocycles. The van der Waals surface area contributed by atoms with Crippen LogP contribution in [0.3, 0.4) is 0 Å². The molecule has 0 aliphatic carbocycles. The van der Waals surface area contributed by atoms with Crippen molar-refractivity contribution in [3.05, 3.63) is 24.0 Å². The Labute approximate surface area is 82.2 Å². The number of cyclic esters (lactones) is 2. The lowest BCUT2D eigenvalue weighted by molar-refractivity contribution is -0.140. The molecule has 14 heavy (non-hydrogen) atoms. The first-order valence-electron chi connectivity index (χ1n) is 4.43. The summed E-state index contributed by atoms with van der Waals surface area (Å²) in [5.41, 5.74) is 0. The van der Waals surface area contributed by atoms with Gasteiger partial charge in [0.05, 0.1) is 0 Å². The van der Waals surface area contributed by atoms with Crippen molar-refractivity contribution in [2.45, 2.75) is 26.4 Å². The summed E-state index contributed by atoms with van der Waals surface area (Å²) in [4.78, 5) is 22.0. The maximum absolute atomic E-state index is 11.1.